The van der Waals surface area contributed by atoms with Crippen LogP contribution in [-0.2, 0) is 9.59 Å². The lowest BCUT2D eigenvalue weighted by Gasteiger charge is -2.20. The number of halogens is 1. The van der Waals surface area contributed by atoms with Gasteiger partial charge in [0.05, 0.1) is 10.7 Å². The maximum absolute atomic E-state index is 12.0. The molecule has 2 N–H and O–H groups in total. The zero-order valence-corrected chi connectivity index (χ0v) is 14.6. The van der Waals surface area contributed by atoms with Gasteiger partial charge in [-0.3, -0.25) is 9.59 Å². The first-order chi connectivity index (χ1) is 10.9. The third-order valence-electron chi connectivity index (χ3n) is 3.77. The number of rotatable bonds is 6. The minimum Gasteiger partial charge on any atom is -0.374 e. The van der Waals surface area contributed by atoms with E-state index < -0.39 is 0 Å². The van der Waals surface area contributed by atoms with E-state index in [1.54, 1.807) is 11.0 Å². The fraction of sp³-hybridized carbons (Fsp3) is 0.529. The number of benzene rings is 1. The molecule has 0 spiro atoms. The fourth-order valence-electron chi connectivity index (χ4n) is 2.49. The quantitative estimate of drug-likeness (QED) is 0.838. The molecule has 1 saturated heterocycles. The van der Waals surface area contributed by atoms with E-state index in [-0.39, 0.29) is 17.9 Å². The maximum atomic E-state index is 12.0. The van der Waals surface area contributed by atoms with E-state index in [9.17, 15) is 9.59 Å². The van der Waals surface area contributed by atoms with Crippen molar-refractivity contribution in [2.45, 2.75) is 39.7 Å². The van der Waals surface area contributed by atoms with Crippen molar-refractivity contribution in [2.75, 3.05) is 23.3 Å². The molecule has 1 atom stereocenters. The summed E-state index contributed by atoms with van der Waals surface area (Å²) in [4.78, 5) is 25.5. The number of hydrogen-bond donors (Lipinski definition) is 2. The summed E-state index contributed by atoms with van der Waals surface area (Å²) in [6.07, 6.45) is 1.44. The Bertz CT molecular complexity index is 589. The Hall–Kier alpha value is -1.75. The molecule has 2 amide bonds. The number of carbonyl (C=O) groups is 2. The van der Waals surface area contributed by atoms with Crippen LogP contribution in [0.15, 0.2) is 18.2 Å². The minimum atomic E-state index is -0.357. The van der Waals surface area contributed by atoms with E-state index in [1.807, 2.05) is 19.1 Å². The lowest BCUT2D eigenvalue weighted by atomic mass is 10.2. The molecule has 1 aliphatic heterocycles. The summed E-state index contributed by atoms with van der Waals surface area (Å²) in [6.45, 7) is 7.27. The van der Waals surface area contributed by atoms with E-state index in [0.29, 0.717) is 30.5 Å². The lowest BCUT2D eigenvalue weighted by Crippen LogP contribution is -2.39. The number of anilines is 2. The molecule has 2 rings (SSSR count). The Morgan fingerprint density at radius 2 is 2.09 bits per heavy atom. The van der Waals surface area contributed by atoms with E-state index in [0.717, 1.165) is 17.8 Å². The first kappa shape index (κ1) is 17.6. The van der Waals surface area contributed by atoms with E-state index in [2.05, 4.69) is 24.5 Å². The predicted octanol–water partition coefficient (Wildman–Crippen LogP) is 3.04. The van der Waals surface area contributed by atoms with Gasteiger partial charge in [0.1, 0.15) is 6.04 Å². The maximum Gasteiger partial charge on any atom is 0.242 e. The molecule has 1 aromatic carbocycles. The van der Waals surface area contributed by atoms with E-state index in [1.165, 1.54) is 0 Å². The molecule has 5 nitrogen and oxygen atoms in total. The van der Waals surface area contributed by atoms with Gasteiger partial charge in [-0.2, -0.15) is 0 Å². The number of hydrogen-bond acceptors (Lipinski definition) is 3. The van der Waals surface area contributed by atoms with Crippen LogP contribution in [-0.4, -0.2) is 30.9 Å². The average Bonchev–Trinajstić information content (AvgIpc) is 2.90. The lowest BCUT2D eigenvalue weighted by molar-refractivity contribution is -0.121. The number of nitrogens with zero attached hydrogens (tertiary/aromatic N) is 1. The zero-order chi connectivity index (χ0) is 17.0. The highest BCUT2D eigenvalue weighted by atomic mass is 35.5. The first-order valence-corrected chi connectivity index (χ1v) is 8.40. The van der Waals surface area contributed by atoms with Gasteiger partial charge in [-0.1, -0.05) is 25.4 Å². The Morgan fingerprint density at radius 1 is 1.35 bits per heavy atom. The average molecular weight is 338 g/mol. The van der Waals surface area contributed by atoms with Gasteiger partial charge in [0.25, 0.3) is 0 Å². The van der Waals surface area contributed by atoms with Crippen molar-refractivity contribution in [1.29, 1.82) is 0 Å². The monoisotopic (exact) mass is 337 g/mol. The summed E-state index contributed by atoms with van der Waals surface area (Å²) in [7, 11) is 0. The Balaban J connectivity index is 2.00. The number of carbonyl (C=O) groups excluding carboxylic acids is 2. The van der Waals surface area contributed by atoms with Crippen LogP contribution in [0.1, 0.15) is 33.6 Å². The van der Waals surface area contributed by atoms with Gasteiger partial charge in [0.2, 0.25) is 11.8 Å². The van der Waals surface area contributed by atoms with Crippen LogP contribution in [0.3, 0.4) is 0 Å². The minimum absolute atomic E-state index is 0.0476. The molecule has 0 radical (unpaired) electrons. The fourth-order valence-corrected chi connectivity index (χ4v) is 2.77. The number of amides is 2. The largest absolute Gasteiger partial charge is 0.374 e. The van der Waals surface area contributed by atoms with Gasteiger partial charge in [-0.15, -0.1) is 0 Å². The van der Waals surface area contributed by atoms with Crippen molar-refractivity contribution in [3.63, 3.8) is 0 Å². The molecule has 1 fully saturated rings. The SMILES string of the molecule is CC(C)CNC(=O)[C@@H](C)Nc1ccc(N2CCCC2=O)c(Cl)c1. The molecule has 0 unspecified atom stereocenters. The van der Waals surface area contributed by atoms with Gasteiger partial charge in [-0.05, 0) is 37.5 Å². The third kappa shape index (κ3) is 4.61. The molecule has 1 heterocycles. The van der Waals surface area contributed by atoms with Crippen molar-refractivity contribution in [1.82, 2.24) is 5.32 Å². The van der Waals surface area contributed by atoms with Crippen LogP contribution < -0.4 is 15.5 Å². The molecule has 0 aromatic heterocycles. The predicted molar refractivity (Wildman–Crippen MR) is 94.0 cm³/mol. The Morgan fingerprint density at radius 3 is 2.65 bits per heavy atom. The molecule has 0 aliphatic carbocycles. The van der Waals surface area contributed by atoms with Crippen molar-refractivity contribution in [2.24, 2.45) is 5.92 Å². The smallest absolute Gasteiger partial charge is 0.242 e. The van der Waals surface area contributed by atoms with Crippen LogP contribution in [0.25, 0.3) is 0 Å². The summed E-state index contributed by atoms with van der Waals surface area (Å²) in [5.74, 6) is 0.473. The molecule has 0 bridgehead atoms. The summed E-state index contributed by atoms with van der Waals surface area (Å²) in [6, 6.07) is 5.07. The van der Waals surface area contributed by atoms with E-state index >= 15 is 0 Å². The van der Waals surface area contributed by atoms with Crippen molar-refractivity contribution in [3.8, 4) is 0 Å². The van der Waals surface area contributed by atoms with Gasteiger partial charge >= 0.3 is 0 Å². The molecule has 126 valence electrons. The Labute approximate surface area is 142 Å². The van der Waals surface area contributed by atoms with Crippen molar-refractivity contribution >= 4 is 34.8 Å². The number of nitrogens with one attached hydrogen (secondary N) is 2. The zero-order valence-electron chi connectivity index (χ0n) is 13.9. The van der Waals surface area contributed by atoms with Gasteiger partial charge in [0.15, 0.2) is 0 Å². The Kier molecular flexibility index (Phi) is 5.88. The highest BCUT2D eigenvalue weighted by molar-refractivity contribution is 6.34. The molecular weight excluding hydrogens is 314 g/mol. The summed E-state index contributed by atoms with van der Waals surface area (Å²) in [5.41, 5.74) is 1.49. The van der Waals surface area contributed by atoms with Crippen molar-refractivity contribution in [3.05, 3.63) is 23.2 Å². The summed E-state index contributed by atoms with van der Waals surface area (Å²) < 4.78 is 0. The highest BCUT2D eigenvalue weighted by Crippen LogP contribution is 2.31. The summed E-state index contributed by atoms with van der Waals surface area (Å²) in [5, 5.41) is 6.54. The van der Waals surface area contributed by atoms with Crippen LogP contribution in [0.2, 0.25) is 5.02 Å². The normalized spacial score (nSPS) is 15.9. The van der Waals surface area contributed by atoms with Gasteiger partial charge in [-0.25, -0.2) is 0 Å². The molecule has 1 aromatic rings. The second-order valence-electron chi connectivity index (χ2n) is 6.32. The third-order valence-corrected chi connectivity index (χ3v) is 4.08. The molecule has 23 heavy (non-hydrogen) atoms. The topological polar surface area (TPSA) is 61.4 Å². The first-order valence-electron chi connectivity index (χ1n) is 8.02. The highest BCUT2D eigenvalue weighted by Gasteiger charge is 2.23. The molecular formula is C17H24ClN3O2. The second kappa shape index (κ2) is 7.68. The van der Waals surface area contributed by atoms with Crippen LogP contribution >= 0.6 is 11.6 Å². The second-order valence-corrected chi connectivity index (χ2v) is 6.73. The van der Waals surface area contributed by atoms with Crippen LogP contribution in [0.4, 0.5) is 11.4 Å². The van der Waals surface area contributed by atoms with Gasteiger partial charge < -0.3 is 15.5 Å². The van der Waals surface area contributed by atoms with Gasteiger partial charge in [0, 0.05) is 25.2 Å². The summed E-state index contributed by atoms with van der Waals surface area (Å²) >= 11 is 6.31. The molecule has 0 saturated carbocycles. The standard InChI is InChI=1S/C17H24ClN3O2/c1-11(2)10-19-17(23)12(3)20-13-6-7-15(14(18)9-13)21-8-4-5-16(21)22/h6-7,9,11-12,20H,4-5,8,10H2,1-3H3,(H,19,23)/t12-/m1/s1. The van der Waals surface area contributed by atoms with Crippen molar-refractivity contribution < 1.29 is 9.59 Å². The molecule has 6 heteroatoms. The molecule has 1 aliphatic rings. The van der Waals surface area contributed by atoms with Crippen LogP contribution in [0.5, 0.6) is 0 Å². The van der Waals surface area contributed by atoms with Crippen LogP contribution in [0, 0.1) is 5.92 Å². The van der Waals surface area contributed by atoms with E-state index in [4.69, 9.17) is 11.6 Å².